The van der Waals surface area contributed by atoms with E-state index in [0.29, 0.717) is 13.2 Å². The monoisotopic (exact) mass is 199 g/mol. The third kappa shape index (κ3) is 1.65. The van der Waals surface area contributed by atoms with E-state index in [9.17, 15) is 13.2 Å². The lowest BCUT2D eigenvalue weighted by Gasteiger charge is -2.33. The van der Waals surface area contributed by atoms with E-state index >= 15 is 0 Å². The van der Waals surface area contributed by atoms with Crippen LogP contribution in [0.4, 0.5) is 13.2 Å². The van der Waals surface area contributed by atoms with Crippen LogP contribution < -0.4 is 0 Å². The Labute approximate surface area is 70.4 Å². The van der Waals surface area contributed by atoms with Crippen molar-refractivity contribution in [2.75, 3.05) is 19.9 Å². The van der Waals surface area contributed by atoms with Gasteiger partial charge in [-0.2, -0.15) is 13.2 Å². The molecule has 0 radical (unpaired) electrons. The van der Waals surface area contributed by atoms with Crippen molar-refractivity contribution >= 4 is 8.24 Å². The van der Waals surface area contributed by atoms with Gasteiger partial charge in [-0.1, -0.05) is 0 Å². The van der Waals surface area contributed by atoms with E-state index in [0.717, 1.165) is 0 Å². The van der Waals surface area contributed by atoms with Crippen molar-refractivity contribution in [3.05, 3.63) is 0 Å². The summed E-state index contributed by atoms with van der Waals surface area (Å²) in [5, 5.41) is 0. The fourth-order valence-corrected chi connectivity index (χ4v) is 2.46. The van der Waals surface area contributed by atoms with Crippen LogP contribution in [0.25, 0.3) is 0 Å². The lowest BCUT2D eigenvalue weighted by molar-refractivity contribution is -0.0648. The lowest BCUT2D eigenvalue weighted by atomic mass is 10.7. The smallest absolute Gasteiger partial charge is 0.365 e. The van der Waals surface area contributed by atoms with E-state index in [1.807, 2.05) is 0 Å². The minimum Gasteiger partial charge on any atom is -0.365 e. The van der Waals surface area contributed by atoms with Crippen molar-refractivity contribution in [3.63, 3.8) is 0 Å². The molecule has 1 aliphatic rings. The molecule has 2 nitrogen and oxygen atoms in total. The molecule has 0 N–H and O–H groups in total. The Bertz CT molecular complexity index is 165. The van der Waals surface area contributed by atoms with Gasteiger partial charge in [-0.25, -0.2) is 0 Å². The molecule has 0 spiro atoms. The van der Waals surface area contributed by atoms with Crippen LogP contribution in [0.5, 0.6) is 0 Å². The first kappa shape index (κ1) is 10.0. The third-order valence-electron chi connectivity index (χ3n) is 2.24. The fourth-order valence-electron chi connectivity index (χ4n) is 1.03. The van der Waals surface area contributed by atoms with Gasteiger partial charge in [0.2, 0.25) is 0 Å². The highest BCUT2D eigenvalue weighted by atomic mass is 28.3. The third-order valence-corrected chi connectivity index (χ3v) is 5.56. The molecule has 0 unspecified atom stereocenters. The molecule has 0 saturated carbocycles. The SMILES string of the molecule is C[Si](C)(N1CCOC1)C(F)(F)F. The van der Waals surface area contributed by atoms with Gasteiger partial charge in [0.25, 0.3) is 8.24 Å². The number of ether oxygens (including phenoxy) is 1. The molecule has 1 heterocycles. The summed E-state index contributed by atoms with van der Waals surface area (Å²) in [5.41, 5.74) is 0. The molecule has 0 aromatic carbocycles. The van der Waals surface area contributed by atoms with Crippen LogP contribution in [0.3, 0.4) is 0 Å². The number of hydrogen-bond acceptors (Lipinski definition) is 2. The van der Waals surface area contributed by atoms with Crippen LogP contribution in [0.15, 0.2) is 0 Å². The maximum Gasteiger partial charge on any atom is 0.376 e. The van der Waals surface area contributed by atoms with Gasteiger partial charge in [-0.15, -0.1) is 0 Å². The average Bonchev–Trinajstić information content (AvgIpc) is 2.34. The molecule has 72 valence electrons. The highest BCUT2D eigenvalue weighted by Gasteiger charge is 2.54. The zero-order valence-electron chi connectivity index (χ0n) is 7.11. The second kappa shape index (κ2) is 3.01. The molecule has 0 aromatic heterocycles. The second-order valence-electron chi connectivity index (χ2n) is 3.36. The maximum atomic E-state index is 12.4. The van der Waals surface area contributed by atoms with E-state index in [-0.39, 0.29) is 6.73 Å². The molecule has 0 aromatic rings. The summed E-state index contributed by atoms with van der Waals surface area (Å²) in [6.07, 6.45) is 0. The van der Waals surface area contributed by atoms with Gasteiger partial charge in [0, 0.05) is 6.54 Å². The van der Waals surface area contributed by atoms with Crippen molar-refractivity contribution in [1.29, 1.82) is 0 Å². The van der Waals surface area contributed by atoms with Gasteiger partial charge in [-0.3, -0.25) is 4.57 Å². The Hall–Kier alpha value is -0.0731. The van der Waals surface area contributed by atoms with Crippen molar-refractivity contribution < 1.29 is 17.9 Å². The predicted octanol–water partition coefficient (Wildman–Crippen LogP) is 1.58. The van der Waals surface area contributed by atoms with Gasteiger partial charge in [0.15, 0.2) is 0 Å². The van der Waals surface area contributed by atoms with E-state index in [4.69, 9.17) is 4.74 Å². The lowest BCUT2D eigenvalue weighted by Crippen LogP contribution is -2.58. The first-order chi connectivity index (χ1) is 5.36. The van der Waals surface area contributed by atoms with Crippen LogP contribution >= 0.6 is 0 Å². The number of rotatable bonds is 1. The molecular weight excluding hydrogens is 187 g/mol. The topological polar surface area (TPSA) is 12.5 Å². The molecular formula is C6H12F3NOSi. The summed E-state index contributed by atoms with van der Waals surface area (Å²) >= 11 is 0. The Balaban J connectivity index is 2.69. The van der Waals surface area contributed by atoms with Crippen LogP contribution in [-0.2, 0) is 4.74 Å². The summed E-state index contributed by atoms with van der Waals surface area (Å²) in [6, 6.07) is 0. The van der Waals surface area contributed by atoms with Gasteiger partial charge in [0.1, 0.15) is 0 Å². The van der Waals surface area contributed by atoms with Gasteiger partial charge in [-0.05, 0) is 13.1 Å². The summed E-state index contributed by atoms with van der Waals surface area (Å²) in [4.78, 5) is 0. The maximum absolute atomic E-state index is 12.4. The summed E-state index contributed by atoms with van der Waals surface area (Å²) in [7, 11) is -3.26. The predicted molar refractivity (Wildman–Crippen MR) is 41.1 cm³/mol. The minimum absolute atomic E-state index is 0.138. The van der Waals surface area contributed by atoms with E-state index in [2.05, 4.69) is 0 Å². The summed E-state index contributed by atoms with van der Waals surface area (Å²) < 4.78 is 43.7. The van der Waals surface area contributed by atoms with Gasteiger partial charge >= 0.3 is 5.80 Å². The van der Waals surface area contributed by atoms with E-state index < -0.39 is 14.0 Å². The molecule has 1 saturated heterocycles. The number of halogens is 3. The standard InChI is InChI=1S/C6H12F3NOSi/c1-12(2,6(7,8)9)10-3-4-11-5-10/h3-5H2,1-2H3. The zero-order valence-corrected chi connectivity index (χ0v) is 8.11. The zero-order chi connectivity index (χ0) is 9.41. The van der Waals surface area contributed by atoms with Crippen molar-refractivity contribution in [2.45, 2.75) is 18.9 Å². The minimum atomic E-state index is -4.05. The average molecular weight is 199 g/mol. The van der Waals surface area contributed by atoms with Crippen molar-refractivity contribution in [1.82, 2.24) is 4.57 Å². The van der Waals surface area contributed by atoms with Crippen LogP contribution in [-0.4, -0.2) is 38.5 Å². The van der Waals surface area contributed by atoms with E-state index in [1.54, 1.807) is 0 Å². The Morgan fingerprint density at radius 1 is 1.33 bits per heavy atom. The first-order valence-corrected chi connectivity index (χ1v) is 6.70. The van der Waals surface area contributed by atoms with Crippen molar-refractivity contribution in [3.8, 4) is 0 Å². The Kier molecular flexibility index (Phi) is 2.51. The highest BCUT2D eigenvalue weighted by Crippen LogP contribution is 2.32. The van der Waals surface area contributed by atoms with E-state index in [1.165, 1.54) is 17.7 Å². The first-order valence-electron chi connectivity index (χ1n) is 3.75. The van der Waals surface area contributed by atoms with Gasteiger partial charge in [0.05, 0.1) is 13.3 Å². The Morgan fingerprint density at radius 3 is 2.25 bits per heavy atom. The summed E-state index contributed by atoms with van der Waals surface area (Å²) in [6.45, 7) is 3.59. The summed E-state index contributed by atoms with van der Waals surface area (Å²) in [5.74, 6) is -4.05. The molecule has 1 aliphatic heterocycles. The molecule has 1 rings (SSSR count). The van der Waals surface area contributed by atoms with Crippen LogP contribution in [0.2, 0.25) is 13.1 Å². The van der Waals surface area contributed by atoms with Gasteiger partial charge < -0.3 is 4.74 Å². The molecule has 0 bridgehead atoms. The number of nitrogens with zero attached hydrogens (tertiary/aromatic N) is 1. The van der Waals surface area contributed by atoms with Crippen LogP contribution in [0, 0.1) is 0 Å². The highest BCUT2D eigenvalue weighted by molar-refractivity contribution is 6.76. The second-order valence-corrected chi connectivity index (χ2v) is 7.68. The van der Waals surface area contributed by atoms with Crippen LogP contribution in [0.1, 0.15) is 0 Å². The number of alkyl halides is 3. The largest absolute Gasteiger partial charge is 0.376 e. The Morgan fingerprint density at radius 2 is 1.92 bits per heavy atom. The molecule has 0 aliphatic carbocycles. The molecule has 0 atom stereocenters. The molecule has 1 fully saturated rings. The molecule has 6 heteroatoms. The molecule has 12 heavy (non-hydrogen) atoms. The van der Waals surface area contributed by atoms with Crippen molar-refractivity contribution in [2.24, 2.45) is 0 Å². The normalized spacial score (nSPS) is 21.8. The fraction of sp³-hybridized carbons (Fsp3) is 1.00. The molecule has 0 amide bonds. The number of hydrogen-bond donors (Lipinski definition) is 0. The quantitative estimate of drug-likeness (QED) is 0.594.